The molecule has 5 nitrogen and oxygen atoms in total. The summed E-state index contributed by atoms with van der Waals surface area (Å²) in [5.74, 6) is 1.60. The molecule has 1 aromatic heterocycles. The molecule has 0 aliphatic carbocycles. The molecule has 0 spiro atoms. The molecule has 0 aliphatic heterocycles. The van der Waals surface area contributed by atoms with Crippen molar-refractivity contribution in [1.82, 2.24) is 4.98 Å². The van der Waals surface area contributed by atoms with Crippen LogP contribution in [0.2, 0.25) is 0 Å². The lowest BCUT2D eigenvalue weighted by molar-refractivity contribution is -0.642. The fourth-order valence-corrected chi connectivity index (χ4v) is 2.95. The Morgan fingerprint density at radius 1 is 1.08 bits per heavy atom. The molecule has 0 atom stereocenters. The van der Waals surface area contributed by atoms with Crippen molar-refractivity contribution in [2.75, 3.05) is 27.3 Å². The lowest BCUT2D eigenvalue weighted by Gasteiger charge is -2.09. The summed E-state index contributed by atoms with van der Waals surface area (Å²) in [7, 11) is 3.26. The minimum Gasteiger partial charge on any atom is -0.493 e. The molecule has 2 aromatic carbocycles. The van der Waals surface area contributed by atoms with Crippen LogP contribution in [0.4, 0.5) is 0 Å². The van der Waals surface area contributed by atoms with Gasteiger partial charge in [-0.15, -0.1) is 0 Å². The second kappa shape index (κ2) is 7.85. The summed E-state index contributed by atoms with van der Waals surface area (Å²) in [5.41, 5.74) is 2.92. The number of benzene rings is 2. The molecule has 0 bridgehead atoms. The number of aromatic amines is 1. The van der Waals surface area contributed by atoms with E-state index in [2.05, 4.69) is 4.98 Å². The number of hydrogen-bond acceptors (Lipinski definition) is 3. The minimum absolute atomic E-state index is 0.143. The van der Waals surface area contributed by atoms with Gasteiger partial charge in [-0.3, -0.25) is 4.79 Å². The highest BCUT2D eigenvalue weighted by atomic mass is 16.5. The smallest absolute Gasteiger partial charge is 0.218 e. The Hall–Kier alpha value is -2.79. The first kappa shape index (κ1) is 17.0. The Balaban J connectivity index is 1.54. The van der Waals surface area contributed by atoms with Crippen molar-refractivity contribution in [2.24, 2.45) is 0 Å². The number of nitrogens with two attached hydrogens (primary N) is 1. The standard InChI is InChI=1S/C20H22N2O3/c1-24-19-8-7-14(11-20(19)25-2)9-10-21-13-18(23)16-12-22-17-6-4-3-5-15(16)17/h3-8,11-12,21-22H,9-10,13H2,1-2H3/p+1. The first-order valence-corrected chi connectivity index (χ1v) is 8.35. The SMILES string of the molecule is COc1ccc(CC[NH2+]CC(=O)c2c[nH]c3ccccc23)cc1OC. The maximum Gasteiger partial charge on any atom is 0.218 e. The van der Waals surface area contributed by atoms with Crippen LogP contribution in [0.15, 0.2) is 48.7 Å². The van der Waals surface area contributed by atoms with Gasteiger partial charge < -0.3 is 19.8 Å². The van der Waals surface area contributed by atoms with E-state index in [-0.39, 0.29) is 5.78 Å². The number of rotatable bonds is 8. The Morgan fingerprint density at radius 3 is 2.68 bits per heavy atom. The number of ketones is 1. The third-order valence-corrected chi connectivity index (χ3v) is 4.30. The van der Waals surface area contributed by atoms with E-state index in [1.807, 2.05) is 47.8 Å². The van der Waals surface area contributed by atoms with Gasteiger partial charge in [0, 0.05) is 29.1 Å². The first-order valence-electron chi connectivity index (χ1n) is 8.35. The molecule has 0 radical (unpaired) electrons. The molecular weight excluding hydrogens is 316 g/mol. The molecule has 0 fully saturated rings. The Kier molecular flexibility index (Phi) is 5.36. The number of Topliss-reactive ketones (excluding diaryl/α,β-unsaturated/α-hetero) is 1. The quantitative estimate of drug-likeness (QED) is 0.488. The molecule has 0 unspecified atom stereocenters. The van der Waals surface area contributed by atoms with Crippen LogP contribution in [0.1, 0.15) is 15.9 Å². The maximum absolute atomic E-state index is 12.4. The predicted molar refractivity (Wildman–Crippen MR) is 97.5 cm³/mol. The van der Waals surface area contributed by atoms with Gasteiger partial charge >= 0.3 is 0 Å². The summed E-state index contributed by atoms with van der Waals surface area (Å²) in [4.78, 5) is 15.6. The van der Waals surface area contributed by atoms with Crippen molar-refractivity contribution >= 4 is 16.7 Å². The molecule has 0 amide bonds. The van der Waals surface area contributed by atoms with Gasteiger partial charge in [0.2, 0.25) is 5.78 Å². The molecule has 5 heteroatoms. The number of methoxy groups -OCH3 is 2. The number of hydrogen-bond donors (Lipinski definition) is 2. The van der Waals surface area contributed by atoms with Crippen LogP contribution < -0.4 is 14.8 Å². The van der Waals surface area contributed by atoms with E-state index in [1.54, 1.807) is 20.4 Å². The minimum atomic E-state index is 0.143. The highest BCUT2D eigenvalue weighted by Gasteiger charge is 2.13. The summed E-state index contributed by atoms with van der Waals surface area (Å²) in [6.45, 7) is 1.28. The normalized spacial score (nSPS) is 10.8. The monoisotopic (exact) mass is 339 g/mol. The van der Waals surface area contributed by atoms with Gasteiger partial charge in [0.1, 0.15) is 6.54 Å². The number of para-hydroxylation sites is 1. The van der Waals surface area contributed by atoms with Crippen LogP contribution in [0.3, 0.4) is 0 Å². The maximum atomic E-state index is 12.4. The van der Waals surface area contributed by atoms with Gasteiger partial charge in [0.25, 0.3) is 0 Å². The zero-order chi connectivity index (χ0) is 17.6. The summed E-state index contributed by atoms with van der Waals surface area (Å²) in [6, 6.07) is 13.8. The number of H-pyrrole nitrogens is 1. The Bertz CT molecular complexity index is 870. The van der Waals surface area contributed by atoms with E-state index in [9.17, 15) is 4.79 Å². The molecule has 3 N–H and O–H groups in total. The van der Waals surface area contributed by atoms with Crippen LogP contribution in [-0.2, 0) is 6.42 Å². The Morgan fingerprint density at radius 2 is 1.88 bits per heavy atom. The van der Waals surface area contributed by atoms with Gasteiger partial charge in [-0.1, -0.05) is 24.3 Å². The van der Waals surface area contributed by atoms with E-state index in [0.717, 1.165) is 46.5 Å². The van der Waals surface area contributed by atoms with Crippen LogP contribution in [0.5, 0.6) is 11.5 Å². The zero-order valence-electron chi connectivity index (χ0n) is 14.5. The number of quaternary nitrogens is 1. The molecule has 25 heavy (non-hydrogen) atoms. The highest BCUT2D eigenvalue weighted by molar-refractivity contribution is 6.08. The summed E-state index contributed by atoms with van der Waals surface area (Å²) in [5, 5.41) is 3.03. The van der Waals surface area contributed by atoms with Crippen molar-refractivity contribution in [2.45, 2.75) is 6.42 Å². The molecular formula is C20H23N2O3+. The van der Waals surface area contributed by atoms with Crippen LogP contribution in [-0.4, -0.2) is 38.1 Å². The summed E-state index contributed by atoms with van der Waals surface area (Å²) >= 11 is 0. The second-order valence-electron chi connectivity index (χ2n) is 5.89. The van der Waals surface area contributed by atoms with E-state index < -0.39 is 0 Å². The number of carbonyl (C=O) groups is 1. The first-order chi connectivity index (χ1) is 12.2. The summed E-state index contributed by atoms with van der Waals surface area (Å²) in [6.07, 6.45) is 2.66. The van der Waals surface area contributed by atoms with E-state index >= 15 is 0 Å². The topological polar surface area (TPSA) is 67.9 Å². The third-order valence-electron chi connectivity index (χ3n) is 4.30. The van der Waals surface area contributed by atoms with Gasteiger partial charge in [-0.2, -0.15) is 0 Å². The van der Waals surface area contributed by atoms with Crippen LogP contribution >= 0.6 is 0 Å². The molecule has 1 heterocycles. The predicted octanol–water partition coefficient (Wildman–Crippen LogP) is 2.17. The fourth-order valence-electron chi connectivity index (χ4n) is 2.95. The lowest BCUT2D eigenvalue weighted by atomic mass is 10.1. The molecule has 0 aliphatic rings. The van der Waals surface area contributed by atoms with Crippen molar-refractivity contribution in [3.8, 4) is 11.5 Å². The van der Waals surface area contributed by atoms with Gasteiger partial charge in [0.15, 0.2) is 11.5 Å². The van der Waals surface area contributed by atoms with E-state index in [4.69, 9.17) is 9.47 Å². The number of nitrogens with one attached hydrogen (secondary N) is 1. The fraction of sp³-hybridized carbons (Fsp3) is 0.250. The van der Waals surface area contributed by atoms with Gasteiger partial charge in [0.05, 0.1) is 20.8 Å². The average molecular weight is 339 g/mol. The molecule has 0 saturated carbocycles. The molecule has 3 rings (SSSR count). The number of carbonyl (C=O) groups excluding carboxylic acids is 1. The molecule has 0 saturated heterocycles. The summed E-state index contributed by atoms with van der Waals surface area (Å²) < 4.78 is 10.6. The lowest BCUT2D eigenvalue weighted by Crippen LogP contribution is -2.86. The third kappa shape index (κ3) is 3.83. The van der Waals surface area contributed by atoms with Crippen molar-refractivity contribution in [3.05, 3.63) is 59.8 Å². The number of ether oxygens (including phenoxy) is 2. The van der Waals surface area contributed by atoms with E-state index in [1.165, 1.54) is 0 Å². The number of fused-ring (bicyclic) bond motifs is 1. The van der Waals surface area contributed by atoms with Gasteiger partial charge in [-0.05, 0) is 23.8 Å². The van der Waals surface area contributed by atoms with Crippen molar-refractivity contribution in [3.63, 3.8) is 0 Å². The van der Waals surface area contributed by atoms with Crippen molar-refractivity contribution < 1.29 is 19.6 Å². The van der Waals surface area contributed by atoms with Crippen LogP contribution in [0.25, 0.3) is 10.9 Å². The van der Waals surface area contributed by atoms with E-state index in [0.29, 0.717) is 6.54 Å². The molecule has 3 aromatic rings. The number of aromatic nitrogens is 1. The molecule has 130 valence electrons. The Labute approximate surface area is 147 Å². The van der Waals surface area contributed by atoms with Crippen LogP contribution in [0, 0.1) is 0 Å². The van der Waals surface area contributed by atoms with Crippen molar-refractivity contribution in [1.29, 1.82) is 0 Å². The largest absolute Gasteiger partial charge is 0.493 e. The average Bonchev–Trinajstić information content (AvgIpc) is 3.09. The highest BCUT2D eigenvalue weighted by Crippen LogP contribution is 2.27. The second-order valence-corrected chi connectivity index (χ2v) is 5.89. The van der Waals surface area contributed by atoms with Gasteiger partial charge in [-0.25, -0.2) is 0 Å². The zero-order valence-corrected chi connectivity index (χ0v) is 14.5.